The van der Waals surface area contributed by atoms with Crippen LogP contribution in [-0.4, -0.2) is 12.1 Å². The Morgan fingerprint density at radius 1 is 0.583 bits per heavy atom. The predicted molar refractivity (Wildman–Crippen MR) is 148 cm³/mol. The molecule has 0 atom stereocenters. The van der Waals surface area contributed by atoms with Crippen LogP contribution >= 0.6 is 0 Å². The van der Waals surface area contributed by atoms with Crippen molar-refractivity contribution in [2.24, 2.45) is 0 Å². The van der Waals surface area contributed by atoms with Crippen molar-refractivity contribution in [3.05, 3.63) is 95.1 Å². The number of anilines is 2. The molecule has 0 saturated carbocycles. The maximum Gasteiger partial charge on any atom is 0.319 e. The van der Waals surface area contributed by atoms with Gasteiger partial charge < -0.3 is 21.3 Å². The van der Waals surface area contributed by atoms with E-state index in [1.54, 1.807) is 24.3 Å². The Bertz CT molecular complexity index is 1080. The van der Waals surface area contributed by atoms with Gasteiger partial charge in [-0.25, -0.2) is 9.59 Å². The van der Waals surface area contributed by atoms with Crippen molar-refractivity contribution in [1.82, 2.24) is 10.6 Å². The number of benzene rings is 3. The maximum absolute atomic E-state index is 12.4. The summed E-state index contributed by atoms with van der Waals surface area (Å²) in [7, 11) is 0. The van der Waals surface area contributed by atoms with E-state index >= 15 is 0 Å². The fourth-order valence-electron chi connectivity index (χ4n) is 3.64. The average Bonchev–Trinajstić information content (AvgIpc) is 2.81. The Hall–Kier alpha value is -3.80. The highest BCUT2D eigenvalue weighted by Crippen LogP contribution is 2.23. The zero-order valence-electron chi connectivity index (χ0n) is 22.2. The molecule has 6 heteroatoms. The SMILES string of the molecule is CC(C)(C)c1ccc(CNC(=O)Nc2cccc(NC(=O)NCc3ccc(C(C)(C)C)cc3)c2)cc1. The van der Waals surface area contributed by atoms with Gasteiger partial charge in [0.15, 0.2) is 0 Å². The summed E-state index contributed by atoms with van der Waals surface area (Å²) in [5.41, 5.74) is 5.92. The van der Waals surface area contributed by atoms with Gasteiger partial charge in [0.2, 0.25) is 0 Å². The summed E-state index contributed by atoms with van der Waals surface area (Å²) in [6.07, 6.45) is 0. The molecule has 0 radical (unpaired) electrons. The first-order chi connectivity index (χ1) is 16.9. The molecule has 0 saturated heterocycles. The van der Waals surface area contributed by atoms with Gasteiger partial charge in [-0.3, -0.25) is 0 Å². The summed E-state index contributed by atoms with van der Waals surface area (Å²) in [6.45, 7) is 13.9. The number of carbonyl (C=O) groups excluding carboxylic acids is 2. The van der Waals surface area contributed by atoms with Gasteiger partial charge in [-0.05, 0) is 51.3 Å². The fraction of sp³-hybridized carbons (Fsp3) is 0.333. The maximum atomic E-state index is 12.4. The van der Waals surface area contributed by atoms with Crippen molar-refractivity contribution < 1.29 is 9.59 Å². The fourth-order valence-corrected chi connectivity index (χ4v) is 3.64. The first-order valence-electron chi connectivity index (χ1n) is 12.3. The van der Waals surface area contributed by atoms with Crippen LogP contribution in [-0.2, 0) is 23.9 Å². The molecule has 190 valence electrons. The van der Waals surface area contributed by atoms with Gasteiger partial charge in [0.25, 0.3) is 0 Å². The first kappa shape index (κ1) is 26.8. The van der Waals surface area contributed by atoms with Crippen LogP contribution in [0.1, 0.15) is 63.8 Å². The largest absolute Gasteiger partial charge is 0.334 e. The number of rotatable bonds is 6. The van der Waals surface area contributed by atoms with E-state index in [-0.39, 0.29) is 22.9 Å². The second kappa shape index (κ2) is 11.3. The summed E-state index contributed by atoms with van der Waals surface area (Å²) in [4.78, 5) is 24.7. The minimum Gasteiger partial charge on any atom is -0.334 e. The van der Waals surface area contributed by atoms with Gasteiger partial charge >= 0.3 is 12.1 Å². The summed E-state index contributed by atoms with van der Waals surface area (Å²) >= 11 is 0. The van der Waals surface area contributed by atoms with Gasteiger partial charge in [0.1, 0.15) is 0 Å². The molecule has 36 heavy (non-hydrogen) atoms. The molecular formula is C30H38N4O2. The number of carbonyl (C=O) groups is 2. The Kier molecular flexibility index (Phi) is 8.41. The molecule has 4 N–H and O–H groups in total. The van der Waals surface area contributed by atoms with E-state index in [0.717, 1.165) is 11.1 Å². The highest BCUT2D eigenvalue weighted by Gasteiger charge is 2.14. The summed E-state index contributed by atoms with van der Waals surface area (Å²) in [5, 5.41) is 11.4. The average molecular weight is 487 g/mol. The van der Waals surface area contributed by atoms with E-state index < -0.39 is 0 Å². The summed E-state index contributed by atoms with van der Waals surface area (Å²) in [5.74, 6) is 0. The Morgan fingerprint density at radius 2 is 0.944 bits per heavy atom. The zero-order valence-corrected chi connectivity index (χ0v) is 22.2. The monoisotopic (exact) mass is 486 g/mol. The van der Waals surface area contributed by atoms with Gasteiger partial charge in [-0.2, -0.15) is 0 Å². The number of hydrogen-bond donors (Lipinski definition) is 4. The van der Waals surface area contributed by atoms with Crippen LogP contribution in [0.2, 0.25) is 0 Å². The van der Waals surface area contributed by atoms with Crippen LogP contribution in [0.3, 0.4) is 0 Å². The third-order valence-electron chi connectivity index (χ3n) is 5.92. The minimum absolute atomic E-state index is 0.0942. The van der Waals surface area contributed by atoms with Crippen molar-refractivity contribution in [1.29, 1.82) is 0 Å². The molecule has 0 bridgehead atoms. The van der Waals surface area contributed by atoms with Crippen LogP contribution in [0.25, 0.3) is 0 Å². The van der Waals surface area contributed by atoms with E-state index in [1.807, 2.05) is 24.3 Å². The van der Waals surface area contributed by atoms with Crippen molar-refractivity contribution in [3.8, 4) is 0 Å². The molecule has 0 unspecified atom stereocenters. The first-order valence-corrected chi connectivity index (χ1v) is 12.3. The molecule has 0 spiro atoms. The lowest BCUT2D eigenvalue weighted by atomic mass is 9.87. The van der Waals surface area contributed by atoms with E-state index in [0.29, 0.717) is 24.5 Å². The van der Waals surface area contributed by atoms with Gasteiger partial charge in [0, 0.05) is 24.5 Å². The molecule has 3 rings (SSSR count). The molecule has 0 fully saturated rings. The van der Waals surface area contributed by atoms with Crippen molar-refractivity contribution >= 4 is 23.4 Å². The Labute approximate surface area is 214 Å². The molecule has 0 aliphatic rings. The molecule has 0 aliphatic heterocycles. The second-order valence-electron chi connectivity index (χ2n) is 11.1. The molecule has 6 nitrogen and oxygen atoms in total. The van der Waals surface area contributed by atoms with Crippen molar-refractivity contribution in [2.75, 3.05) is 10.6 Å². The van der Waals surface area contributed by atoms with Crippen LogP contribution in [0.4, 0.5) is 21.0 Å². The van der Waals surface area contributed by atoms with Crippen LogP contribution in [0.15, 0.2) is 72.8 Å². The summed E-state index contributed by atoms with van der Waals surface area (Å²) in [6, 6.07) is 22.9. The third kappa shape index (κ3) is 8.15. The van der Waals surface area contributed by atoms with Gasteiger partial charge in [-0.1, -0.05) is 96.1 Å². The second-order valence-corrected chi connectivity index (χ2v) is 11.1. The zero-order chi connectivity index (χ0) is 26.3. The number of nitrogens with one attached hydrogen (secondary N) is 4. The molecular weight excluding hydrogens is 448 g/mol. The normalized spacial score (nSPS) is 11.5. The van der Waals surface area contributed by atoms with E-state index in [4.69, 9.17) is 0 Å². The topological polar surface area (TPSA) is 82.3 Å². The molecule has 3 aromatic carbocycles. The summed E-state index contributed by atoms with van der Waals surface area (Å²) < 4.78 is 0. The number of amides is 4. The van der Waals surface area contributed by atoms with E-state index in [2.05, 4.69) is 87.1 Å². The van der Waals surface area contributed by atoms with Gasteiger partial charge in [-0.15, -0.1) is 0 Å². The number of urea groups is 2. The lowest BCUT2D eigenvalue weighted by Crippen LogP contribution is -2.29. The standard InChI is InChI=1S/C30H38N4O2/c1-29(2,3)23-14-10-21(11-15-23)19-31-27(35)33-25-8-7-9-26(18-25)34-28(36)32-20-22-12-16-24(17-13-22)30(4,5)6/h7-18H,19-20H2,1-6H3,(H2,31,33,35)(H2,32,34,36). The lowest BCUT2D eigenvalue weighted by molar-refractivity contribution is 0.251. The highest BCUT2D eigenvalue weighted by atomic mass is 16.2. The molecule has 4 amide bonds. The minimum atomic E-state index is -0.310. The van der Waals surface area contributed by atoms with Gasteiger partial charge in [0.05, 0.1) is 0 Å². The van der Waals surface area contributed by atoms with Crippen LogP contribution in [0.5, 0.6) is 0 Å². The van der Waals surface area contributed by atoms with E-state index in [9.17, 15) is 9.59 Å². The third-order valence-corrected chi connectivity index (χ3v) is 5.92. The van der Waals surface area contributed by atoms with E-state index in [1.165, 1.54) is 11.1 Å². The molecule has 0 aromatic heterocycles. The Balaban J connectivity index is 1.46. The van der Waals surface area contributed by atoms with Crippen LogP contribution in [0, 0.1) is 0 Å². The van der Waals surface area contributed by atoms with Crippen molar-refractivity contribution in [3.63, 3.8) is 0 Å². The quantitative estimate of drug-likeness (QED) is 0.305. The van der Waals surface area contributed by atoms with Crippen LogP contribution < -0.4 is 21.3 Å². The predicted octanol–water partition coefficient (Wildman–Crippen LogP) is 6.93. The Morgan fingerprint density at radius 3 is 1.28 bits per heavy atom. The smallest absolute Gasteiger partial charge is 0.319 e. The molecule has 0 aliphatic carbocycles. The lowest BCUT2D eigenvalue weighted by Gasteiger charge is -2.19. The molecule has 0 heterocycles. The highest BCUT2D eigenvalue weighted by molar-refractivity contribution is 5.92. The molecule has 3 aromatic rings. The number of hydrogen-bond acceptors (Lipinski definition) is 2. The van der Waals surface area contributed by atoms with Crippen molar-refractivity contribution in [2.45, 2.75) is 65.5 Å².